The zero-order valence-electron chi connectivity index (χ0n) is 6.25. The van der Waals surface area contributed by atoms with Gasteiger partial charge >= 0.3 is 0 Å². The fraction of sp³-hybridized carbons (Fsp3) is 0.500. The molecule has 0 saturated carbocycles. The van der Waals surface area contributed by atoms with Crippen LogP contribution in [0.25, 0.3) is 0 Å². The summed E-state index contributed by atoms with van der Waals surface area (Å²) in [5.41, 5.74) is 0. The molecule has 0 unspecified atom stereocenters. The van der Waals surface area contributed by atoms with Gasteiger partial charge in [-0.1, -0.05) is 6.07 Å². The molecule has 1 atom stereocenters. The molecule has 0 amide bonds. The topological polar surface area (TPSA) is 12.0 Å². The highest BCUT2D eigenvalue weighted by Gasteiger charge is 2.15. The van der Waals surface area contributed by atoms with Crippen LogP contribution in [0.15, 0.2) is 17.5 Å². The Balaban J connectivity index is 0.000000605. The van der Waals surface area contributed by atoms with Gasteiger partial charge in [0.1, 0.15) is 0 Å². The minimum absolute atomic E-state index is 0. The second-order valence-corrected chi connectivity index (χ2v) is 3.64. The van der Waals surface area contributed by atoms with Crippen molar-refractivity contribution in [3.8, 4) is 0 Å². The highest BCUT2D eigenvalue weighted by Crippen LogP contribution is 2.26. The largest absolute Gasteiger partial charge is 0.309 e. The molecule has 1 fully saturated rings. The van der Waals surface area contributed by atoms with Crippen molar-refractivity contribution in [2.75, 3.05) is 6.54 Å². The maximum Gasteiger partial charge on any atom is 0.0415 e. The molecule has 1 aliphatic heterocycles. The maximum absolute atomic E-state index is 3.47. The van der Waals surface area contributed by atoms with Crippen molar-refractivity contribution in [2.24, 2.45) is 0 Å². The van der Waals surface area contributed by atoms with E-state index in [1.165, 1.54) is 24.3 Å². The summed E-state index contributed by atoms with van der Waals surface area (Å²) in [6, 6.07) is 5.01. The first-order chi connectivity index (χ1) is 4.97. The van der Waals surface area contributed by atoms with Crippen molar-refractivity contribution in [3.05, 3.63) is 22.4 Å². The van der Waals surface area contributed by atoms with Crippen LogP contribution in [0, 0.1) is 0 Å². The fourth-order valence-corrected chi connectivity index (χ4v) is 2.25. The molecular formula is C8H12ClNS. The normalized spacial score (nSPS) is 23.1. The molecule has 1 saturated heterocycles. The average molecular weight is 190 g/mol. The van der Waals surface area contributed by atoms with E-state index >= 15 is 0 Å². The summed E-state index contributed by atoms with van der Waals surface area (Å²) in [6.45, 7) is 1.20. The van der Waals surface area contributed by atoms with Crippen LogP contribution in [-0.2, 0) is 0 Å². The summed E-state index contributed by atoms with van der Waals surface area (Å²) in [6.07, 6.45) is 2.66. The Labute approximate surface area is 77.2 Å². The number of hydrogen-bond acceptors (Lipinski definition) is 2. The van der Waals surface area contributed by atoms with Crippen LogP contribution < -0.4 is 5.32 Å². The standard InChI is InChI=1S/C8H11NS.ClH/c1-3-7(9-5-1)8-4-2-6-10-8;/h2,4,6-7,9H,1,3,5H2;1H/t7-;/m1./s1. The van der Waals surface area contributed by atoms with Crippen molar-refractivity contribution in [1.82, 2.24) is 5.32 Å². The van der Waals surface area contributed by atoms with Crippen molar-refractivity contribution < 1.29 is 0 Å². The molecule has 1 aromatic rings. The Kier molecular flexibility index (Phi) is 3.37. The number of halogens is 1. The number of nitrogens with one attached hydrogen (secondary N) is 1. The van der Waals surface area contributed by atoms with Crippen LogP contribution in [0.5, 0.6) is 0 Å². The van der Waals surface area contributed by atoms with Crippen molar-refractivity contribution in [3.63, 3.8) is 0 Å². The number of hydrogen-bond donors (Lipinski definition) is 1. The van der Waals surface area contributed by atoms with Gasteiger partial charge in [0.2, 0.25) is 0 Å². The summed E-state index contributed by atoms with van der Waals surface area (Å²) in [4.78, 5) is 1.50. The quantitative estimate of drug-likeness (QED) is 0.716. The third kappa shape index (κ3) is 1.95. The van der Waals surface area contributed by atoms with Gasteiger partial charge in [-0.15, -0.1) is 23.7 Å². The summed E-state index contributed by atoms with van der Waals surface area (Å²) < 4.78 is 0. The predicted molar refractivity (Wildman–Crippen MR) is 51.5 cm³/mol. The average Bonchev–Trinajstić information content (AvgIpc) is 2.59. The van der Waals surface area contributed by atoms with Crippen LogP contribution in [0.4, 0.5) is 0 Å². The molecule has 2 rings (SSSR count). The molecule has 1 aromatic heterocycles. The van der Waals surface area contributed by atoms with Gasteiger partial charge in [-0.2, -0.15) is 0 Å². The first-order valence-corrected chi connectivity index (χ1v) is 4.61. The Morgan fingerprint density at radius 2 is 2.45 bits per heavy atom. The lowest BCUT2D eigenvalue weighted by atomic mass is 10.2. The zero-order chi connectivity index (χ0) is 6.81. The van der Waals surface area contributed by atoms with Gasteiger partial charge in [0, 0.05) is 10.9 Å². The summed E-state index contributed by atoms with van der Waals surface area (Å²) in [7, 11) is 0. The minimum Gasteiger partial charge on any atom is -0.309 e. The van der Waals surface area contributed by atoms with Crippen LogP contribution in [-0.4, -0.2) is 6.54 Å². The predicted octanol–water partition coefficient (Wildman–Crippen LogP) is 2.59. The Hall–Kier alpha value is -0.0500. The maximum atomic E-state index is 3.47. The minimum atomic E-state index is 0. The third-order valence-electron chi connectivity index (χ3n) is 1.95. The van der Waals surface area contributed by atoms with Crippen molar-refractivity contribution >= 4 is 23.7 Å². The smallest absolute Gasteiger partial charge is 0.0415 e. The monoisotopic (exact) mass is 189 g/mol. The van der Waals surface area contributed by atoms with Gasteiger partial charge in [0.05, 0.1) is 0 Å². The highest BCUT2D eigenvalue weighted by atomic mass is 35.5. The van der Waals surface area contributed by atoms with Crippen LogP contribution in [0.2, 0.25) is 0 Å². The molecule has 62 valence electrons. The lowest BCUT2D eigenvalue weighted by molar-refractivity contribution is 0.660. The Bertz CT molecular complexity index is 192. The molecule has 0 aliphatic carbocycles. The second-order valence-electron chi connectivity index (χ2n) is 2.66. The van der Waals surface area contributed by atoms with Gasteiger partial charge in [-0.3, -0.25) is 0 Å². The summed E-state index contributed by atoms with van der Waals surface area (Å²) in [5, 5.41) is 5.62. The van der Waals surface area contributed by atoms with Crippen LogP contribution in [0.3, 0.4) is 0 Å². The lowest BCUT2D eigenvalue weighted by Crippen LogP contribution is -2.11. The van der Waals surface area contributed by atoms with E-state index in [0.717, 1.165) is 0 Å². The summed E-state index contributed by atoms with van der Waals surface area (Å²) >= 11 is 1.86. The van der Waals surface area contributed by atoms with E-state index < -0.39 is 0 Å². The van der Waals surface area contributed by atoms with Crippen molar-refractivity contribution in [2.45, 2.75) is 18.9 Å². The highest BCUT2D eigenvalue weighted by molar-refractivity contribution is 7.10. The van der Waals surface area contributed by atoms with Crippen LogP contribution in [0.1, 0.15) is 23.8 Å². The Morgan fingerprint density at radius 3 is 3.00 bits per heavy atom. The van der Waals surface area contributed by atoms with E-state index in [0.29, 0.717) is 6.04 Å². The molecule has 2 heterocycles. The van der Waals surface area contributed by atoms with E-state index in [4.69, 9.17) is 0 Å². The molecule has 0 radical (unpaired) electrons. The van der Waals surface area contributed by atoms with Crippen molar-refractivity contribution in [1.29, 1.82) is 0 Å². The molecule has 0 aromatic carbocycles. The van der Waals surface area contributed by atoms with Gasteiger partial charge < -0.3 is 5.32 Å². The molecule has 1 N–H and O–H groups in total. The third-order valence-corrected chi connectivity index (χ3v) is 2.93. The van der Waals surface area contributed by atoms with Gasteiger partial charge in [0.25, 0.3) is 0 Å². The Morgan fingerprint density at radius 1 is 1.55 bits per heavy atom. The first-order valence-electron chi connectivity index (χ1n) is 3.73. The molecule has 1 nitrogen and oxygen atoms in total. The fourth-order valence-electron chi connectivity index (χ4n) is 1.42. The molecule has 0 bridgehead atoms. The van der Waals surface area contributed by atoms with Gasteiger partial charge in [-0.05, 0) is 30.8 Å². The second kappa shape index (κ2) is 4.10. The zero-order valence-corrected chi connectivity index (χ0v) is 7.88. The number of rotatable bonds is 1. The van der Waals surface area contributed by atoms with Gasteiger partial charge in [0.15, 0.2) is 0 Å². The lowest BCUT2D eigenvalue weighted by Gasteiger charge is -2.04. The molecule has 1 aliphatic rings. The van der Waals surface area contributed by atoms with Gasteiger partial charge in [-0.25, -0.2) is 0 Å². The molecule has 11 heavy (non-hydrogen) atoms. The van der Waals surface area contributed by atoms with E-state index in [-0.39, 0.29) is 12.4 Å². The van der Waals surface area contributed by atoms with Crippen LogP contribution >= 0.6 is 23.7 Å². The van der Waals surface area contributed by atoms with E-state index in [1.54, 1.807) is 0 Å². The first kappa shape index (κ1) is 9.04. The molecule has 0 spiro atoms. The van der Waals surface area contributed by atoms with E-state index in [9.17, 15) is 0 Å². The molecule has 3 heteroatoms. The van der Waals surface area contributed by atoms with E-state index in [1.807, 2.05) is 11.3 Å². The summed E-state index contributed by atoms with van der Waals surface area (Å²) in [5.74, 6) is 0. The SMILES string of the molecule is Cl.c1csc([C@H]2CCCN2)c1. The number of thiophene rings is 1. The molecular weight excluding hydrogens is 178 g/mol. The van der Waals surface area contributed by atoms with E-state index in [2.05, 4.69) is 22.8 Å².